The predicted octanol–water partition coefficient (Wildman–Crippen LogP) is 31.1. The maximum absolute atomic E-state index is 6.59. The molecule has 0 unspecified atom stereocenters. The summed E-state index contributed by atoms with van der Waals surface area (Å²) in [5, 5.41) is 30.0. The first-order chi connectivity index (χ1) is 53.5. The lowest BCUT2D eigenvalue weighted by molar-refractivity contribution is 0.669. The van der Waals surface area contributed by atoms with Crippen LogP contribution < -0.4 is 0 Å². The van der Waals surface area contributed by atoms with Gasteiger partial charge in [-0.3, -0.25) is 0 Å². The summed E-state index contributed by atoms with van der Waals surface area (Å²) < 4.78 is 18.4. The highest BCUT2D eigenvalue weighted by molar-refractivity contribution is 7.27. The summed E-state index contributed by atoms with van der Waals surface area (Å²) in [6.07, 6.45) is 0. The number of furan rings is 2. The number of rotatable bonds is 6. The highest BCUT2D eigenvalue weighted by Crippen LogP contribution is 2.51. The van der Waals surface area contributed by atoms with E-state index in [0.29, 0.717) is 0 Å². The molecule has 4 aromatic heterocycles. The van der Waals surface area contributed by atoms with Crippen LogP contribution in [0.25, 0.3) is 237 Å². The zero-order chi connectivity index (χ0) is 70.7. The zero-order valence-electron chi connectivity index (χ0n) is 58.3. The lowest BCUT2D eigenvalue weighted by atomic mass is 9.85. The van der Waals surface area contributed by atoms with Crippen molar-refractivity contribution in [3.8, 4) is 66.8 Å². The Balaban J connectivity index is 0.000000130. The van der Waals surface area contributed by atoms with E-state index in [2.05, 4.69) is 364 Å². The van der Waals surface area contributed by atoms with Gasteiger partial charge in [0.05, 0.1) is 0 Å². The average Bonchev–Trinajstić information content (AvgIpc) is 1.47. The van der Waals surface area contributed by atoms with Crippen LogP contribution in [0.4, 0.5) is 0 Å². The summed E-state index contributed by atoms with van der Waals surface area (Å²) in [5.41, 5.74) is 18.4. The van der Waals surface area contributed by atoms with E-state index >= 15 is 0 Å². The predicted molar refractivity (Wildman–Crippen MR) is 466 cm³/mol. The molecule has 0 saturated carbocycles. The van der Waals surface area contributed by atoms with Gasteiger partial charge < -0.3 is 8.83 Å². The summed E-state index contributed by atoms with van der Waals surface area (Å²) in [4.78, 5) is 0. The Hall–Kier alpha value is -13.5. The first-order valence-corrected chi connectivity index (χ1v) is 38.6. The van der Waals surface area contributed by atoms with Crippen LogP contribution in [0.5, 0.6) is 0 Å². The standard InChI is InChI=1S/2C52H30OS/c1-2-12-33-28-35(21-20-31(33)10-1)34-13-9-14-36(29-34)48-39-16-5-7-18-41(39)49(42-19-8-6-17-40(42)48)37-22-25-45-44(30-37)51-46(53-45)26-24-43-50-38-15-4-3-11-32(38)23-27-47(50)54-52(43)51;1-2-12-33-26-35(21-20-31(33)10-1)34-13-9-14-36(27-34)50-39-16-5-7-18-41(39)51(42-19-8-6-17-40(42)50)37-23-25-47-44(28-37)45-30-49-46(29-48(45)53-47)43-24-22-32-11-3-4-15-38(32)52(43)54-49/h2*1-30H. The van der Waals surface area contributed by atoms with Crippen molar-refractivity contribution in [1.82, 2.24) is 0 Å². The molecule has 4 heterocycles. The molecular weight excluding hydrogens is 1350 g/mol. The van der Waals surface area contributed by atoms with Gasteiger partial charge in [0, 0.05) is 61.9 Å². The normalized spacial score (nSPS) is 12.1. The maximum Gasteiger partial charge on any atom is 0.136 e. The molecule has 0 radical (unpaired) electrons. The van der Waals surface area contributed by atoms with E-state index in [4.69, 9.17) is 8.83 Å². The van der Waals surface area contributed by atoms with Crippen molar-refractivity contribution in [3.05, 3.63) is 364 Å². The first-order valence-electron chi connectivity index (χ1n) is 37.0. The lowest BCUT2D eigenvalue weighted by Gasteiger charge is -2.18. The van der Waals surface area contributed by atoms with Crippen LogP contribution in [0.2, 0.25) is 0 Å². The average molecular weight is 1410 g/mol. The molecule has 500 valence electrons. The number of hydrogen-bond donors (Lipinski definition) is 0. The van der Waals surface area contributed by atoms with Gasteiger partial charge in [-0.15, -0.1) is 22.7 Å². The molecule has 0 bridgehead atoms. The van der Waals surface area contributed by atoms with Crippen LogP contribution in [0.15, 0.2) is 373 Å². The van der Waals surface area contributed by atoms with Crippen molar-refractivity contribution in [2.24, 2.45) is 0 Å². The number of benzene rings is 20. The Bertz CT molecular complexity index is 7840. The van der Waals surface area contributed by atoms with E-state index in [1.54, 1.807) is 0 Å². The maximum atomic E-state index is 6.59. The van der Waals surface area contributed by atoms with Gasteiger partial charge in [0.15, 0.2) is 0 Å². The second-order valence-corrected chi connectivity index (χ2v) is 30.9. The molecule has 0 aliphatic carbocycles. The van der Waals surface area contributed by atoms with Crippen LogP contribution in [-0.2, 0) is 0 Å². The first kappa shape index (κ1) is 60.9. The quantitative estimate of drug-likeness (QED) is 0.155. The third-order valence-corrected chi connectivity index (χ3v) is 25.2. The van der Waals surface area contributed by atoms with Crippen LogP contribution in [-0.4, -0.2) is 0 Å². The monoisotopic (exact) mass is 1400 g/mol. The molecule has 0 fully saturated rings. The molecule has 20 aromatic carbocycles. The Labute approximate surface area is 628 Å². The van der Waals surface area contributed by atoms with Crippen molar-refractivity contribution >= 4 is 193 Å². The number of fused-ring (bicyclic) bond motifs is 23. The highest BCUT2D eigenvalue weighted by atomic mass is 32.1. The fourth-order valence-electron chi connectivity index (χ4n) is 17.9. The fraction of sp³-hybridized carbons (Fsp3) is 0. The van der Waals surface area contributed by atoms with Crippen molar-refractivity contribution in [2.45, 2.75) is 0 Å². The minimum atomic E-state index is 0.914. The highest BCUT2D eigenvalue weighted by Gasteiger charge is 2.24. The van der Waals surface area contributed by atoms with E-state index < -0.39 is 0 Å². The molecule has 0 saturated heterocycles. The molecule has 24 aromatic rings. The Morgan fingerprint density at radius 3 is 1.07 bits per heavy atom. The van der Waals surface area contributed by atoms with Crippen molar-refractivity contribution in [2.75, 3.05) is 0 Å². The van der Waals surface area contributed by atoms with Crippen LogP contribution in [0, 0.1) is 0 Å². The molecule has 24 rings (SSSR count). The summed E-state index contributed by atoms with van der Waals surface area (Å²) in [6.45, 7) is 0. The minimum absolute atomic E-state index is 0.914. The minimum Gasteiger partial charge on any atom is -0.456 e. The molecular formula is C104H60O2S2. The molecule has 0 aliphatic rings. The van der Waals surface area contributed by atoms with Crippen LogP contribution >= 0.6 is 22.7 Å². The fourth-order valence-corrected chi connectivity index (χ4v) is 20.4. The molecule has 0 spiro atoms. The van der Waals surface area contributed by atoms with Gasteiger partial charge in [0.2, 0.25) is 0 Å². The van der Waals surface area contributed by atoms with Crippen molar-refractivity contribution < 1.29 is 8.83 Å². The van der Waals surface area contributed by atoms with Gasteiger partial charge in [0.1, 0.15) is 22.3 Å². The summed E-state index contributed by atoms with van der Waals surface area (Å²) in [6, 6.07) is 133. The Morgan fingerprint density at radius 1 is 0.157 bits per heavy atom. The molecule has 2 nitrogen and oxygen atoms in total. The second-order valence-electron chi connectivity index (χ2n) is 28.8. The molecule has 4 heteroatoms. The third-order valence-electron chi connectivity index (χ3n) is 22.8. The lowest BCUT2D eigenvalue weighted by Crippen LogP contribution is -1.91. The Morgan fingerprint density at radius 2 is 0.528 bits per heavy atom. The van der Waals surface area contributed by atoms with E-state index in [1.165, 1.54) is 199 Å². The van der Waals surface area contributed by atoms with Gasteiger partial charge in [-0.25, -0.2) is 0 Å². The van der Waals surface area contributed by atoms with E-state index in [-0.39, 0.29) is 0 Å². The van der Waals surface area contributed by atoms with Crippen molar-refractivity contribution in [1.29, 1.82) is 0 Å². The number of thiophene rings is 2. The summed E-state index contributed by atoms with van der Waals surface area (Å²) >= 11 is 3.75. The zero-order valence-corrected chi connectivity index (χ0v) is 59.9. The molecule has 0 N–H and O–H groups in total. The van der Waals surface area contributed by atoms with E-state index in [1.807, 2.05) is 22.7 Å². The topological polar surface area (TPSA) is 26.3 Å². The number of hydrogen-bond acceptors (Lipinski definition) is 4. The Kier molecular flexibility index (Phi) is 13.5. The molecule has 0 amide bonds. The van der Waals surface area contributed by atoms with Gasteiger partial charge in [-0.1, -0.05) is 285 Å². The van der Waals surface area contributed by atoms with E-state index in [9.17, 15) is 0 Å². The second kappa shape index (κ2) is 24.0. The summed E-state index contributed by atoms with van der Waals surface area (Å²) in [7, 11) is 0. The van der Waals surface area contributed by atoms with Gasteiger partial charge in [-0.2, -0.15) is 0 Å². The van der Waals surface area contributed by atoms with Gasteiger partial charge in [-0.05, 0) is 232 Å². The van der Waals surface area contributed by atoms with Gasteiger partial charge in [0.25, 0.3) is 0 Å². The smallest absolute Gasteiger partial charge is 0.136 e. The third kappa shape index (κ3) is 9.51. The molecule has 0 atom stereocenters. The molecule has 0 aliphatic heterocycles. The SMILES string of the molecule is c1cc(-c2ccc3ccccc3c2)cc(-c2c3ccccc3c(-c3ccc4oc5cc6c(cc5c4c3)sc3c4ccccc4ccc63)c3ccccc23)c1.c1cc(-c2ccc3ccccc3c2)cc(-c2c3ccccc3c(-c3ccc4oc5ccc6c(sc7ccc8ccccc8c76)c5c4c3)c3ccccc23)c1. The van der Waals surface area contributed by atoms with Crippen LogP contribution in [0.1, 0.15) is 0 Å². The molecule has 108 heavy (non-hydrogen) atoms. The van der Waals surface area contributed by atoms with Crippen molar-refractivity contribution in [3.63, 3.8) is 0 Å². The largest absolute Gasteiger partial charge is 0.456 e. The summed E-state index contributed by atoms with van der Waals surface area (Å²) in [5.74, 6) is 0. The van der Waals surface area contributed by atoms with E-state index in [0.717, 1.165) is 38.5 Å². The van der Waals surface area contributed by atoms with Gasteiger partial charge >= 0.3 is 0 Å². The van der Waals surface area contributed by atoms with Crippen LogP contribution in [0.3, 0.4) is 0 Å².